The highest BCUT2D eigenvalue weighted by Gasteiger charge is 2.32. The van der Waals surface area contributed by atoms with Gasteiger partial charge in [0.2, 0.25) is 11.8 Å². The maximum atomic E-state index is 12.0. The fraction of sp³-hybridized carbons (Fsp3) is 0.769. The Balaban J connectivity index is 2.44. The summed E-state index contributed by atoms with van der Waals surface area (Å²) < 4.78 is 0. The Morgan fingerprint density at radius 1 is 1.30 bits per heavy atom. The zero-order valence-corrected chi connectivity index (χ0v) is 12.4. The van der Waals surface area contributed by atoms with Crippen molar-refractivity contribution in [3.8, 4) is 0 Å². The van der Waals surface area contributed by atoms with Gasteiger partial charge in [-0.25, -0.2) is 4.79 Å². The van der Waals surface area contributed by atoms with Crippen LogP contribution in [0.3, 0.4) is 0 Å². The second-order valence-electron chi connectivity index (χ2n) is 5.17. The van der Waals surface area contributed by atoms with Gasteiger partial charge >= 0.3 is 6.03 Å². The van der Waals surface area contributed by atoms with Gasteiger partial charge in [0.25, 0.3) is 0 Å². The molecule has 1 atom stereocenters. The topological polar surface area (TPSA) is 81.8 Å². The number of carbonyl (C=O) groups excluding carboxylic acids is 3. The molecule has 1 rings (SSSR count). The Kier molecular flexibility index (Phi) is 6.44. The van der Waals surface area contributed by atoms with E-state index in [4.69, 9.17) is 0 Å². The molecule has 0 saturated carbocycles. The fourth-order valence-corrected chi connectivity index (χ4v) is 2.23. The molecule has 1 saturated heterocycles. The Morgan fingerprint density at radius 2 is 2.00 bits per heavy atom. The third-order valence-electron chi connectivity index (χ3n) is 3.22. The quantitative estimate of drug-likeness (QED) is 0.731. The van der Waals surface area contributed by atoms with Crippen LogP contribution in [-0.4, -0.2) is 67.4 Å². The van der Waals surface area contributed by atoms with E-state index >= 15 is 0 Å². The minimum Gasteiger partial charge on any atom is -0.347 e. The number of imide groups is 1. The first-order chi connectivity index (χ1) is 9.45. The molecule has 1 heterocycles. The molecule has 20 heavy (non-hydrogen) atoms. The third-order valence-corrected chi connectivity index (χ3v) is 3.22. The summed E-state index contributed by atoms with van der Waals surface area (Å²) in [4.78, 5) is 38.5. The summed E-state index contributed by atoms with van der Waals surface area (Å²) in [5.74, 6) is -0.372. The molecule has 0 aliphatic carbocycles. The Bertz CT molecular complexity index is 371. The number of amides is 4. The minimum atomic E-state index is -0.480. The molecular weight excluding hydrogens is 260 g/mol. The zero-order valence-electron chi connectivity index (χ0n) is 12.4. The molecule has 2 N–H and O–H groups in total. The van der Waals surface area contributed by atoms with Crippen molar-refractivity contribution in [3.05, 3.63) is 0 Å². The number of nitrogens with one attached hydrogen (secondary N) is 2. The van der Waals surface area contributed by atoms with Crippen LogP contribution in [0.2, 0.25) is 0 Å². The van der Waals surface area contributed by atoms with E-state index in [1.54, 1.807) is 14.1 Å². The molecule has 0 aromatic carbocycles. The van der Waals surface area contributed by atoms with Crippen molar-refractivity contribution < 1.29 is 14.4 Å². The summed E-state index contributed by atoms with van der Waals surface area (Å²) in [6, 6.07) is -0.735. The van der Waals surface area contributed by atoms with Crippen LogP contribution in [0.25, 0.3) is 0 Å². The standard InChI is InChI=1S/C13H24N4O3/c1-4-7-14-13(20)15-11(18)9-17-8-5-6-10(17)12(19)16(2)3/h10H,4-9H2,1-3H3,(H2,14,15,18,20). The molecule has 7 nitrogen and oxygen atoms in total. The van der Waals surface area contributed by atoms with Gasteiger partial charge in [0.1, 0.15) is 0 Å². The zero-order chi connectivity index (χ0) is 15.1. The van der Waals surface area contributed by atoms with Gasteiger partial charge < -0.3 is 10.2 Å². The first-order valence-corrected chi connectivity index (χ1v) is 6.98. The lowest BCUT2D eigenvalue weighted by Crippen LogP contribution is -2.49. The summed E-state index contributed by atoms with van der Waals surface area (Å²) in [6.45, 7) is 3.24. The first-order valence-electron chi connectivity index (χ1n) is 6.98. The van der Waals surface area contributed by atoms with E-state index in [1.807, 2.05) is 11.8 Å². The van der Waals surface area contributed by atoms with Crippen LogP contribution >= 0.6 is 0 Å². The Hall–Kier alpha value is -1.63. The molecule has 1 aliphatic heterocycles. The number of rotatable bonds is 5. The molecule has 1 aliphatic rings. The van der Waals surface area contributed by atoms with E-state index in [2.05, 4.69) is 10.6 Å². The molecule has 0 aromatic heterocycles. The first kappa shape index (κ1) is 16.4. The minimum absolute atomic E-state index is 0.00531. The molecule has 7 heteroatoms. The number of urea groups is 1. The molecule has 1 fully saturated rings. The van der Waals surface area contributed by atoms with E-state index in [9.17, 15) is 14.4 Å². The number of hydrogen-bond donors (Lipinski definition) is 2. The van der Waals surface area contributed by atoms with Crippen molar-refractivity contribution in [1.29, 1.82) is 0 Å². The molecule has 0 bridgehead atoms. The van der Waals surface area contributed by atoms with Gasteiger partial charge in [-0.05, 0) is 25.8 Å². The van der Waals surface area contributed by atoms with Crippen molar-refractivity contribution in [2.24, 2.45) is 0 Å². The van der Waals surface area contributed by atoms with Gasteiger partial charge in [0, 0.05) is 20.6 Å². The maximum Gasteiger partial charge on any atom is 0.321 e. The van der Waals surface area contributed by atoms with Crippen LogP contribution < -0.4 is 10.6 Å². The van der Waals surface area contributed by atoms with Gasteiger partial charge in [0.15, 0.2) is 0 Å². The molecule has 0 spiro atoms. The van der Waals surface area contributed by atoms with E-state index in [0.717, 1.165) is 19.3 Å². The summed E-state index contributed by atoms with van der Waals surface area (Å²) >= 11 is 0. The van der Waals surface area contributed by atoms with E-state index < -0.39 is 6.03 Å². The largest absolute Gasteiger partial charge is 0.347 e. The maximum absolute atomic E-state index is 12.0. The van der Waals surface area contributed by atoms with E-state index in [0.29, 0.717) is 13.1 Å². The summed E-state index contributed by atoms with van der Waals surface area (Å²) in [7, 11) is 3.41. The predicted octanol–water partition coefficient (Wildman–Crippen LogP) is -0.225. The average Bonchev–Trinajstić information content (AvgIpc) is 2.82. The van der Waals surface area contributed by atoms with Gasteiger partial charge in [-0.1, -0.05) is 6.92 Å². The molecule has 0 radical (unpaired) electrons. The summed E-state index contributed by atoms with van der Waals surface area (Å²) in [5, 5.41) is 4.85. The summed E-state index contributed by atoms with van der Waals surface area (Å²) in [5.41, 5.74) is 0. The van der Waals surface area contributed by atoms with Crippen LogP contribution in [0.1, 0.15) is 26.2 Å². The normalized spacial score (nSPS) is 18.6. The molecular formula is C13H24N4O3. The van der Waals surface area contributed by atoms with Crippen LogP contribution in [0, 0.1) is 0 Å². The average molecular weight is 284 g/mol. The lowest BCUT2D eigenvalue weighted by molar-refractivity contribution is -0.134. The number of likely N-dealkylation sites (tertiary alicyclic amines) is 1. The van der Waals surface area contributed by atoms with Crippen molar-refractivity contribution in [3.63, 3.8) is 0 Å². The van der Waals surface area contributed by atoms with Crippen LogP contribution in [0.5, 0.6) is 0 Å². The van der Waals surface area contributed by atoms with Crippen molar-refractivity contribution in [2.75, 3.05) is 33.7 Å². The lowest BCUT2D eigenvalue weighted by Gasteiger charge is -2.25. The number of nitrogens with zero attached hydrogens (tertiary/aromatic N) is 2. The molecule has 114 valence electrons. The number of likely N-dealkylation sites (N-methyl/N-ethyl adjacent to an activating group) is 1. The highest BCUT2D eigenvalue weighted by Crippen LogP contribution is 2.18. The smallest absolute Gasteiger partial charge is 0.321 e. The fourth-order valence-electron chi connectivity index (χ4n) is 2.23. The molecule has 4 amide bonds. The van der Waals surface area contributed by atoms with Crippen LogP contribution in [0.15, 0.2) is 0 Å². The van der Waals surface area contributed by atoms with E-state index in [1.165, 1.54) is 4.90 Å². The summed E-state index contributed by atoms with van der Waals surface area (Å²) in [6.07, 6.45) is 2.46. The van der Waals surface area contributed by atoms with Gasteiger partial charge in [-0.15, -0.1) is 0 Å². The number of hydrogen-bond acceptors (Lipinski definition) is 4. The van der Waals surface area contributed by atoms with E-state index in [-0.39, 0.29) is 24.4 Å². The highest BCUT2D eigenvalue weighted by molar-refractivity contribution is 5.95. The molecule has 0 aromatic rings. The number of carbonyl (C=O) groups is 3. The van der Waals surface area contributed by atoms with Crippen molar-refractivity contribution in [2.45, 2.75) is 32.2 Å². The second kappa shape index (κ2) is 7.84. The highest BCUT2D eigenvalue weighted by atomic mass is 16.2. The lowest BCUT2D eigenvalue weighted by atomic mass is 10.2. The third kappa shape index (κ3) is 4.80. The monoisotopic (exact) mass is 284 g/mol. The van der Waals surface area contributed by atoms with Crippen LogP contribution in [0.4, 0.5) is 4.79 Å². The van der Waals surface area contributed by atoms with Gasteiger partial charge in [0.05, 0.1) is 12.6 Å². The Morgan fingerprint density at radius 3 is 2.60 bits per heavy atom. The van der Waals surface area contributed by atoms with Crippen LogP contribution in [-0.2, 0) is 9.59 Å². The van der Waals surface area contributed by atoms with Gasteiger partial charge in [-0.3, -0.25) is 19.8 Å². The van der Waals surface area contributed by atoms with Crippen molar-refractivity contribution in [1.82, 2.24) is 20.4 Å². The predicted molar refractivity (Wildman–Crippen MR) is 75.1 cm³/mol. The van der Waals surface area contributed by atoms with Gasteiger partial charge in [-0.2, -0.15) is 0 Å². The van der Waals surface area contributed by atoms with Crippen molar-refractivity contribution >= 4 is 17.8 Å². The second-order valence-corrected chi connectivity index (χ2v) is 5.17. The Labute approximate surface area is 119 Å². The SMILES string of the molecule is CCCNC(=O)NC(=O)CN1CCCC1C(=O)N(C)C. The molecule has 1 unspecified atom stereocenters.